The highest BCUT2D eigenvalue weighted by molar-refractivity contribution is 5.31. The fourth-order valence-corrected chi connectivity index (χ4v) is 2.01. The predicted molar refractivity (Wildman–Crippen MR) is 48.9 cm³/mol. The average molecular weight is 162 g/mol. The van der Waals surface area contributed by atoms with Crippen LogP contribution in [-0.2, 0) is 6.42 Å². The van der Waals surface area contributed by atoms with Gasteiger partial charge in [-0.2, -0.15) is 0 Å². The van der Waals surface area contributed by atoms with Gasteiger partial charge in [-0.1, -0.05) is 31.2 Å². The van der Waals surface area contributed by atoms with Crippen molar-refractivity contribution in [2.24, 2.45) is 5.92 Å². The Labute approximate surface area is 73.0 Å². The van der Waals surface area contributed by atoms with Gasteiger partial charge < -0.3 is 5.11 Å². The molecule has 0 amide bonds. The third-order valence-corrected chi connectivity index (χ3v) is 2.61. The summed E-state index contributed by atoms with van der Waals surface area (Å²) in [5.41, 5.74) is 2.46. The van der Waals surface area contributed by atoms with Crippen molar-refractivity contribution in [1.82, 2.24) is 0 Å². The molecule has 1 N–H and O–H groups in total. The van der Waals surface area contributed by atoms with Crippen LogP contribution in [-0.4, -0.2) is 5.11 Å². The Hall–Kier alpha value is -0.820. The fraction of sp³-hybridized carbons (Fsp3) is 0.455. The van der Waals surface area contributed by atoms with Gasteiger partial charge in [0.25, 0.3) is 0 Å². The summed E-state index contributed by atoms with van der Waals surface area (Å²) in [6, 6.07) is 8.20. The molecule has 0 unspecified atom stereocenters. The molecule has 1 aromatic carbocycles. The summed E-state index contributed by atoms with van der Waals surface area (Å²) in [7, 11) is 0. The highest BCUT2D eigenvalue weighted by Gasteiger charge is 2.21. The van der Waals surface area contributed by atoms with Gasteiger partial charge in [-0.15, -0.1) is 0 Å². The van der Waals surface area contributed by atoms with Crippen LogP contribution in [0.4, 0.5) is 0 Å². The molecule has 2 atom stereocenters. The second kappa shape index (κ2) is 2.91. The highest BCUT2D eigenvalue weighted by Crippen LogP contribution is 2.32. The smallest absolute Gasteiger partial charge is 0.0795 e. The number of aliphatic hydroxyl groups excluding tert-OH is 1. The molecular formula is C11H14O. The molecule has 64 valence electrons. The van der Waals surface area contributed by atoms with Crippen molar-refractivity contribution in [1.29, 1.82) is 0 Å². The molecule has 1 aromatic rings. The fourth-order valence-electron chi connectivity index (χ4n) is 2.01. The summed E-state index contributed by atoms with van der Waals surface area (Å²) in [6.07, 6.45) is 1.80. The van der Waals surface area contributed by atoms with E-state index in [2.05, 4.69) is 13.0 Å². The van der Waals surface area contributed by atoms with Crippen molar-refractivity contribution in [2.45, 2.75) is 25.9 Å². The lowest BCUT2D eigenvalue weighted by molar-refractivity contribution is 0.136. The standard InChI is InChI=1S/C11H14O/c1-8-6-9-4-2-3-5-10(9)11(12)7-8/h2-5,8,11-12H,6-7H2,1H3/t8-,11+/m1/s1. The van der Waals surface area contributed by atoms with Crippen LogP contribution >= 0.6 is 0 Å². The number of fused-ring (bicyclic) bond motifs is 1. The van der Waals surface area contributed by atoms with Crippen LogP contribution in [0.25, 0.3) is 0 Å². The SMILES string of the molecule is C[C@@H]1Cc2ccccc2[C@@H](O)C1. The third kappa shape index (κ3) is 1.25. The zero-order valence-electron chi connectivity index (χ0n) is 7.33. The van der Waals surface area contributed by atoms with Gasteiger partial charge in [0.2, 0.25) is 0 Å². The molecule has 0 aromatic heterocycles. The van der Waals surface area contributed by atoms with Crippen molar-refractivity contribution >= 4 is 0 Å². The van der Waals surface area contributed by atoms with Gasteiger partial charge in [-0.05, 0) is 29.9 Å². The summed E-state index contributed by atoms with van der Waals surface area (Å²) in [4.78, 5) is 0. The van der Waals surface area contributed by atoms with Crippen LogP contribution in [0.5, 0.6) is 0 Å². The lowest BCUT2D eigenvalue weighted by atomic mass is 9.83. The van der Waals surface area contributed by atoms with E-state index in [9.17, 15) is 5.11 Å². The van der Waals surface area contributed by atoms with Gasteiger partial charge >= 0.3 is 0 Å². The minimum atomic E-state index is -0.232. The first kappa shape index (κ1) is 7.81. The second-order valence-corrected chi connectivity index (χ2v) is 3.76. The van der Waals surface area contributed by atoms with Crippen LogP contribution in [0.3, 0.4) is 0 Å². The quantitative estimate of drug-likeness (QED) is 0.620. The van der Waals surface area contributed by atoms with E-state index in [1.807, 2.05) is 18.2 Å². The first-order valence-corrected chi connectivity index (χ1v) is 4.53. The predicted octanol–water partition coefficient (Wildman–Crippen LogP) is 2.30. The van der Waals surface area contributed by atoms with E-state index < -0.39 is 0 Å². The first-order valence-electron chi connectivity index (χ1n) is 4.53. The molecule has 0 heterocycles. The zero-order chi connectivity index (χ0) is 8.55. The Morgan fingerprint density at radius 1 is 1.33 bits per heavy atom. The largest absolute Gasteiger partial charge is 0.388 e. The van der Waals surface area contributed by atoms with Gasteiger partial charge in [0.05, 0.1) is 6.10 Å². The summed E-state index contributed by atoms with van der Waals surface area (Å²) in [5.74, 6) is 0.620. The molecule has 1 aliphatic rings. The van der Waals surface area contributed by atoms with E-state index in [-0.39, 0.29) is 6.10 Å². The minimum Gasteiger partial charge on any atom is -0.388 e. The molecular weight excluding hydrogens is 148 g/mol. The van der Waals surface area contributed by atoms with Gasteiger partial charge in [0, 0.05) is 0 Å². The molecule has 2 rings (SSSR count). The molecule has 0 fully saturated rings. The number of aliphatic hydroxyl groups is 1. The Kier molecular flexibility index (Phi) is 1.89. The zero-order valence-corrected chi connectivity index (χ0v) is 7.33. The van der Waals surface area contributed by atoms with Crippen LogP contribution in [0.2, 0.25) is 0 Å². The van der Waals surface area contributed by atoms with Crippen molar-refractivity contribution in [3.8, 4) is 0 Å². The Morgan fingerprint density at radius 2 is 2.08 bits per heavy atom. The minimum absolute atomic E-state index is 0.232. The number of hydrogen-bond donors (Lipinski definition) is 1. The van der Waals surface area contributed by atoms with Crippen LogP contribution in [0.1, 0.15) is 30.6 Å². The van der Waals surface area contributed by atoms with Gasteiger partial charge in [-0.3, -0.25) is 0 Å². The third-order valence-electron chi connectivity index (χ3n) is 2.61. The highest BCUT2D eigenvalue weighted by atomic mass is 16.3. The maximum atomic E-state index is 9.73. The molecule has 12 heavy (non-hydrogen) atoms. The normalized spacial score (nSPS) is 28.2. The average Bonchev–Trinajstić information content (AvgIpc) is 2.04. The van der Waals surface area contributed by atoms with Gasteiger partial charge in [-0.25, -0.2) is 0 Å². The van der Waals surface area contributed by atoms with E-state index in [0.717, 1.165) is 18.4 Å². The summed E-state index contributed by atoms with van der Waals surface area (Å²) in [6.45, 7) is 2.19. The molecule has 0 spiro atoms. The summed E-state index contributed by atoms with van der Waals surface area (Å²) < 4.78 is 0. The second-order valence-electron chi connectivity index (χ2n) is 3.76. The molecule has 0 aliphatic heterocycles. The van der Waals surface area contributed by atoms with E-state index in [1.165, 1.54) is 5.56 Å². The van der Waals surface area contributed by atoms with E-state index in [0.29, 0.717) is 5.92 Å². The molecule has 1 heteroatoms. The van der Waals surface area contributed by atoms with Crippen molar-refractivity contribution in [3.63, 3.8) is 0 Å². The molecule has 1 aliphatic carbocycles. The summed E-state index contributed by atoms with van der Waals surface area (Å²) in [5, 5.41) is 9.73. The van der Waals surface area contributed by atoms with Gasteiger partial charge in [0.1, 0.15) is 0 Å². The molecule has 0 saturated carbocycles. The van der Waals surface area contributed by atoms with E-state index in [4.69, 9.17) is 0 Å². The van der Waals surface area contributed by atoms with Crippen molar-refractivity contribution < 1.29 is 5.11 Å². The monoisotopic (exact) mass is 162 g/mol. The number of benzene rings is 1. The molecule has 0 bridgehead atoms. The number of rotatable bonds is 0. The molecule has 0 saturated heterocycles. The Balaban J connectivity index is 2.40. The van der Waals surface area contributed by atoms with Crippen LogP contribution in [0, 0.1) is 5.92 Å². The van der Waals surface area contributed by atoms with E-state index >= 15 is 0 Å². The van der Waals surface area contributed by atoms with Crippen molar-refractivity contribution in [3.05, 3.63) is 35.4 Å². The maximum absolute atomic E-state index is 9.73. The maximum Gasteiger partial charge on any atom is 0.0795 e. The Bertz CT molecular complexity index is 280. The Morgan fingerprint density at radius 3 is 2.92 bits per heavy atom. The van der Waals surface area contributed by atoms with Crippen molar-refractivity contribution in [2.75, 3.05) is 0 Å². The van der Waals surface area contributed by atoms with Gasteiger partial charge in [0.15, 0.2) is 0 Å². The lowest BCUT2D eigenvalue weighted by Gasteiger charge is -2.25. The van der Waals surface area contributed by atoms with E-state index in [1.54, 1.807) is 0 Å². The first-order chi connectivity index (χ1) is 5.77. The lowest BCUT2D eigenvalue weighted by Crippen LogP contribution is -2.15. The van der Waals surface area contributed by atoms with Crippen LogP contribution < -0.4 is 0 Å². The molecule has 1 nitrogen and oxygen atoms in total. The number of hydrogen-bond acceptors (Lipinski definition) is 1. The van der Waals surface area contributed by atoms with Crippen LogP contribution in [0.15, 0.2) is 24.3 Å². The molecule has 0 radical (unpaired) electrons. The summed E-state index contributed by atoms with van der Waals surface area (Å²) >= 11 is 0. The topological polar surface area (TPSA) is 20.2 Å².